The molecule has 2 N–H and O–H groups in total. The fourth-order valence-corrected chi connectivity index (χ4v) is 2.73. The Morgan fingerprint density at radius 3 is 2.70 bits per heavy atom. The number of rotatable bonds is 6. The quantitative estimate of drug-likeness (QED) is 0.602. The summed E-state index contributed by atoms with van der Waals surface area (Å²) in [5.74, 6) is 0.406. The van der Waals surface area contributed by atoms with Crippen molar-refractivity contribution in [3.63, 3.8) is 0 Å². The van der Waals surface area contributed by atoms with Gasteiger partial charge in [0.15, 0.2) is 18.1 Å². The molecule has 0 radical (unpaired) electrons. The van der Waals surface area contributed by atoms with Gasteiger partial charge in [0.05, 0.1) is 16.3 Å². The van der Waals surface area contributed by atoms with E-state index < -0.39 is 5.97 Å². The molecule has 1 heterocycles. The number of nitrogens with two attached hydrogens (primary N) is 1. The normalized spacial score (nSPS) is 11.9. The first-order valence-corrected chi connectivity index (χ1v) is 8.74. The minimum Gasteiger partial charge on any atom is -0.454 e. The molecule has 1 amide bonds. The molecule has 7 nitrogen and oxygen atoms in total. The molecule has 27 heavy (non-hydrogen) atoms. The van der Waals surface area contributed by atoms with Crippen LogP contribution in [0, 0.1) is 0 Å². The molecule has 0 unspecified atom stereocenters. The van der Waals surface area contributed by atoms with Crippen LogP contribution in [0.2, 0.25) is 5.02 Å². The van der Waals surface area contributed by atoms with E-state index in [1.165, 1.54) is 18.2 Å². The van der Waals surface area contributed by atoms with Crippen molar-refractivity contribution in [2.24, 2.45) is 0 Å². The van der Waals surface area contributed by atoms with Gasteiger partial charge in [0.1, 0.15) is 0 Å². The number of hydrogen-bond donors (Lipinski definition) is 1. The monoisotopic (exact) mass is 390 g/mol. The molecule has 0 fully saturated rings. The van der Waals surface area contributed by atoms with E-state index in [1.807, 2.05) is 19.1 Å². The molecule has 0 aliphatic carbocycles. The number of amides is 1. The number of nitrogen functional groups attached to an aromatic ring is 1. The number of likely N-dealkylation sites (N-methyl/N-ethyl adjacent to an activating group) is 1. The summed E-state index contributed by atoms with van der Waals surface area (Å²) >= 11 is 5.83. The predicted octanol–water partition coefficient (Wildman–Crippen LogP) is 2.86. The van der Waals surface area contributed by atoms with Gasteiger partial charge in [0.2, 0.25) is 6.79 Å². The lowest BCUT2D eigenvalue weighted by Gasteiger charge is -2.21. The average molecular weight is 391 g/mol. The molecule has 0 saturated heterocycles. The summed E-state index contributed by atoms with van der Waals surface area (Å²) < 4.78 is 15.7. The molecule has 0 atom stereocenters. The van der Waals surface area contributed by atoms with E-state index in [4.69, 9.17) is 31.5 Å². The number of carbonyl (C=O) groups excluding carboxylic acids is 2. The maximum Gasteiger partial charge on any atom is 0.338 e. The highest BCUT2D eigenvalue weighted by atomic mass is 35.5. The minimum absolute atomic E-state index is 0.195. The van der Waals surface area contributed by atoms with Gasteiger partial charge < -0.3 is 24.8 Å². The van der Waals surface area contributed by atoms with Crippen LogP contribution in [-0.2, 0) is 16.1 Å². The zero-order chi connectivity index (χ0) is 19.4. The highest BCUT2D eigenvalue weighted by Crippen LogP contribution is 2.32. The zero-order valence-electron chi connectivity index (χ0n) is 14.7. The van der Waals surface area contributed by atoms with Crippen molar-refractivity contribution in [1.29, 1.82) is 0 Å². The maximum absolute atomic E-state index is 12.4. The molecule has 1 aliphatic rings. The van der Waals surface area contributed by atoms with Crippen LogP contribution in [0.5, 0.6) is 11.5 Å². The number of hydrogen-bond acceptors (Lipinski definition) is 6. The fourth-order valence-electron chi connectivity index (χ4n) is 2.61. The lowest BCUT2D eigenvalue weighted by molar-refractivity contribution is -0.134. The number of halogens is 1. The zero-order valence-corrected chi connectivity index (χ0v) is 15.5. The molecule has 0 aromatic heterocycles. The van der Waals surface area contributed by atoms with Gasteiger partial charge in [-0.2, -0.15) is 0 Å². The van der Waals surface area contributed by atoms with Crippen LogP contribution in [-0.4, -0.2) is 36.7 Å². The van der Waals surface area contributed by atoms with E-state index in [-0.39, 0.29) is 30.6 Å². The van der Waals surface area contributed by atoms with Gasteiger partial charge in [-0.25, -0.2) is 4.79 Å². The third-order valence-corrected chi connectivity index (χ3v) is 4.45. The molecule has 0 saturated carbocycles. The Kier molecular flexibility index (Phi) is 5.71. The van der Waals surface area contributed by atoms with Crippen molar-refractivity contribution in [3.8, 4) is 11.5 Å². The molecule has 0 spiro atoms. The fraction of sp³-hybridized carbons (Fsp3) is 0.263. The van der Waals surface area contributed by atoms with Gasteiger partial charge >= 0.3 is 5.97 Å². The molecule has 2 aromatic carbocycles. The van der Waals surface area contributed by atoms with Crippen LogP contribution in [0.1, 0.15) is 22.8 Å². The second kappa shape index (κ2) is 8.18. The van der Waals surface area contributed by atoms with E-state index >= 15 is 0 Å². The Balaban J connectivity index is 1.58. The third-order valence-electron chi connectivity index (χ3n) is 4.10. The van der Waals surface area contributed by atoms with E-state index in [9.17, 15) is 9.59 Å². The second-order valence-corrected chi connectivity index (χ2v) is 6.32. The van der Waals surface area contributed by atoms with Crippen molar-refractivity contribution in [3.05, 3.63) is 52.5 Å². The summed E-state index contributed by atoms with van der Waals surface area (Å²) in [7, 11) is 0. The Hall–Kier alpha value is -2.93. The molecule has 1 aliphatic heterocycles. The predicted molar refractivity (Wildman–Crippen MR) is 99.8 cm³/mol. The van der Waals surface area contributed by atoms with Gasteiger partial charge in [0.25, 0.3) is 5.91 Å². The number of benzene rings is 2. The third kappa shape index (κ3) is 4.43. The standard InChI is InChI=1S/C19H19ClN2O5/c1-2-22(9-12-3-6-16-17(7-12)27-11-26-16)18(23)10-25-19(24)13-4-5-14(20)15(21)8-13/h3-8H,2,9-11,21H2,1H3. The summed E-state index contributed by atoms with van der Waals surface area (Å²) in [6.45, 7) is 2.53. The van der Waals surface area contributed by atoms with E-state index in [0.717, 1.165) is 5.56 Å². The van der Waals surface area contributed by atoms with Crippen LogP contribution in [0.25, 0.3) is 0 Å². The van der Waals surface area contributed by atoms with Crippen LogP contribution in [0.4, 0.5) is 5.69 Å². The molecule has 3 rings (SSSR count). The topological polar surface area (TPSA) is 91.1 Å². The lowest BCUT2D eigenvalue weighted by Crippen LogP contribution is -2.34. The van der Waals surface area contributed by atoms with Crippen LogP contribution >= 0.6 is 11.6 Å². The smallest absolute Gasteiger partial charge is 0.338 e. The summed E-state index contributed by atoms with van der Waals surface area (Å²) in [6, 6.07) is 9.93. The maximum atomic E-state index is 12.4. The van der Waals surface area contributed by atoms with Gasteiger partial charge in [0, 0.05) is 13.1 Å². The van der Waals surface area contributed by atoms with Gasteiger partial charge in [-0.05, 0) is 42.8 Å². The highest BCUT2D eigenvalue weighted by Gasteiger charge is 2.18. The van der Waals surface area contributed by atoms with Crippen molar-refractivity contribution in [1.82, 2.24) is 4.90 Å². The van der Waals surface area contributed by atoms with E-state index in [0.29, 0.717) is 29.6 Å². The van der Waals surface area contributed by atoms with E-state index in [2.05, 4.69) is 0 Å². The van der Waals surface area contributed by atoms with Crippen LogP contribution < -0.4 is 15.2 Å². The molecule has 142 valence electrons. The first-order chi connectivity index (χ1) is 13.0. The van der Waals surface area contributed by atoms with Gasteiger partial charge in [-0.15, -0.1) is 0 Å². The first-order valence-electron chi connectivity index (χ1n) is 8.36. The van der Waals surface area contributed by atoms with Crippen molar-refractivity contribution in [2.75, 3.05) is 25.7 Å². The van der Waals surface area contributed by atoms with Crippen molar-refractivity contribution in [2.45, 2.75) is 13.5 Å². The second-order valence-electron chi connectivity index (χ2n) is 5.91. The number of nitrogens with zero attached hydrogens (tertiary/aromatic N) is 1. The number of esters is 1. The Bertz CT molecular complexity index is 871. The number of ether oxygens (including phenoxy) is 3. The SMILES string of the molecule is CCN(Cc1ccc2c(c1)OCO2)C(=O)COC(=O)c1ccc(Cl)c(N)c1. The average Bonchev–Trinajstić information content (AvgIpc) is 3.13. The largest absolute Gasteiger partial charge is 0.454 e. The molecule has 8 heteroatoms. The van der Waals surface area contributed by atoms with Gasteiger partial charge in [-0.3, -0.25) is 4.79 Å². The molecular weight excluding hydrogens is 372 g/mol. The molecule has 0 bridgehead atoms. The van der Waals surface area contributed by atoms with E-state index in [1.54, 1.807) is 11.0 Å². The van der Waals surface area contributed by atoms with Crippen LogP contribution in [0.3, 0.4) is 0 Å². The number of fused-ring (bicyclic) bond motifs is 1. The molecule has 2 aromatic rings. The molecular formula is C19H19ClN2O5. The summed E-state index contributed by atoms with van der Waals surface area (Å²) in [5.41, 5.74) is 7.08. The number of anilines is 1. The minimum atomic E-state index is -0.633. The van der Waals surface area contributed by atoms with Crippen molar-refractivity contribution < 1.29 is 23.8 Å². The van der Waals surface area contributed by atoms with Gasteiger partial charge in [-0.1, -0.05) is 17.7 Å². The Labute approximate surface area is 161 Å². The Morgan fingerprint density at radius 1 is 1.19 bits per heavy atom. The van der Waals surface area contributed by atoms with Crippen LogP contribution in [0.15, 0.2) is 36.4 Å². The summed E-state index contributed by atoms with van der Waals surface area (Å²) in [4.78, 5) is 26.1. The Morgan fingerprint density at radius 2 is 1.96 bits per heavy atom. The van der Waals surface area contributed by atoms with Crippen molar-refractivity contribution >= 4 is 29.2 Å². The number of carbonyl (C=O) groups is 2. The first kappa shape index (κ1) is 18.8. The highest BCUT2D eigenvalue weighted by molar-refractivity contribution is 6.33. The lowest BCUT2D eigenvalue weighted by atomic mass is 10.2. The summed E-state index contributed by atoms with van der Waals surface area (Å²) in [5, 5.41) is 0.350. The summed E-state index contributed by atoms with van der Waals surface area (Å²) in [6.07, 6.45) is 0.